The van der Waals surface area contributed by atoms with E-state index in [2.05, 4.69) is 4.74 Å². The Labute approximate surface area is 71.5 Å². The first-order valence-corrected chi connectivity index (χ1v) is 3.78. The largest absolute Gasteiger partial charge is 0.460 e. The molecule has 0 unspecified atom stereocenters. The molecule has 0 spiro atoms. The van der Waals surface area contributed by atoms with Gasteiger partial charge in [0.15, 0.2) is 0 Å². The van der Waals surface area contributed by atoms with E-state index < -0.39 is 5.97 Å². The lowest BCUT2D eigenvalue weighted by atomic mass is 10.2. The normalized spacial score (nSPS) is 11.4. The Morgan fingerprint density at radius 3 is 2.58 bits per heavy atom. The first-order valence-electron chi connectivity index (χ1n) is 3.78. The lowest BCUT2D eigenvalue weighted by molar-refractivity contribution is -0.139. The van der Waals surface area contributed by atoms with Crippen LogP contribution in [0.25, 0.3) is 0 Å². The minimum atomic E-state index is -0.447. The fraction of sp³-hybridized carbons (Fsp3) is 0.625. The maximum Gasteiger partial charge on any atom is 0.333 e. The molecule has 0 amide bonds. The van der Waals surface area contributed by atoms with Crippen molar-refractivity contribution in [2.45, 2.75) is 13.3 Å². The molecule has 0 bridgehead atoms. The van der Waals surface area contributed by atoms with Crippen LogP contribution >= 0.6 is 0 Å². The molecule has 0 aromatic rings. The molecule has 0 aliphatic carbocycles. The summed E-state index contributed by atoms with van der Waals surface area (Å²) >= 11 is 0. The summed E-state index contributed by atoms with van der Waals surface area (Å²) in [4.78, 5) is 10.9. The second kappa shape index (κ2) is 6.82. The van der Waals surface area contributed by atoms with E-state index in [1.807, 2.05) is 0 Å². The first-order chi connectivity index (χ1) is 5.72. The smallest absolute Gasteiger partial charge is 0.333 e. The molecule has 0 radical (unpaired) electrons. The van der Waals surface area contributed by atoms with Crippen LogP contribution in [0.4, 0.5) is 0 Å². The molecule has 0 rings (SSSR count). The van der Waals surface area contributed by atoms with Gasteiger partial charge in [0.2, 0.25) is 0 Å². The number of ether oxygens (including phenoxy) is 1. The van der Waals surface area contributed by atoms with Crippen molar-refractivity contribution in [3.05, 3.63) is 11.6 Å². The Balaban J connectivity index is 3.75. The summed E-state index contributed by atoms with van der Waals surface area (Å²) in [6.07, 6.45) is 2.04. The van der Waals surface area contributed by atoms with Crippen molar-refractivity contribution in [1.29, 1.82) is 0 Å². The topological polar surface area (TPSA) is 66.8 Å². The van der Waals surface area contributed by atoms with Gasteiger partial charge in [0.1, 0.15) is 6.61 Å². The predicted octanol–water partition coefficient (Wildman–Crippen LogP) is -0.149. The average molecular weight is 174 g/mol. The lowest BCUT2D eigenvalue weighted by Crippen LogP contribution is -2.09. The number of rotatable bonds is 5. The van der Waals surface area contributed by atoms with Gasteiger partial charge in [-0.3, -0.25) is 0 Å². The second-order valence-electron chi connectivity index (χ2n) is 2.26. The summed E-state index contributed by atoms with van der Waals surface area (Å²) in [5.41, 5.74) is 0.456. The number of aliphatic hydroxyl groups is 2. The summed E-state index contributed by atoms with van der Waals surface area (Å²) in [7, 11) is 0. The summed E-state index contributed by atoms with van der Waals surface area (Å²) in [6, 6.07) is 0. The summed E-state index contributed by atoms with van der Waals surface area (Å²) in [6.45, 7) is 1.47. The van der Waals surface area contributed by atoms with E-state index in [4.69, 9.17) is 10.2 Å². The minimum absolute atomic E-state index is 0.0170. The minimum Gasteiger partial charge on any atom is -0.460 e. The van der Waals surface area contributed by atoms with Crippen molar-refractivity contribution in [3.63, 3.8) is 0 Å². The van der Waals surface area contributed by atoms with E-state index in [0.29, 0.717) is 12.0 Å². The van der Waals surface area contributed by atoms with Crippen LogP contribution < -0.4 is 0 Å². The van der Waals surface area contributed by atoms with Crippen LogP contribution in [0.5, 0.6) is 0 Å². The van der Waals surface area contributed by atoms with E-state index in [0.717, 1.165) is 0 Å². The monoisotopic (exact) mass is 174 g/mol. The Bertz CT molecular complexity index is 162. The molecule has 0 heterocycles. The molecule has 2 N–H and O–H groups in total. The fourth-order valence-corrected chi connectivity index (χ4v) is 0.617. The second-order valence-corrected chi connectivity index (χ2v) is 2.26. The first kappa shape index (κ1) is 11.1. The highest BCUT2D eigenvalue weighted by atomic mass is 16.5. The van der Waals surface area contributed by atoms with Crippen LogP contribution in [-0.4, -0.2) is 36.0 Å². The van der Waals surface area contributed by atoms with Gasteiger partial charge in [-0.2, -0.15) is 0 Å². The molecular formula is C8H14O4. The molecule has 70 valence electrons. The molecule has 0 saturated heterocycles. The van der Waals surface area contributed by atoms with Crippen molar-refractivity contribution in [3.8, 4) is 0 Å². The molecule has 0 aromatic carbocycles. The van der Waals surface area contributed by atoms with E-state index in [1.165, 1.54) is 0 Å². The molecule has 0 aromatic heterocycles. The maximum absolute atomic E-state index is 10.9. The van der Waals surface area contributed by atoms with Crippen LogP contribution in [0.1, 0.15) is 13.3 Å². The van der Waals surface area contributed by atoms with Crippen LogP contribution in [0.2, 0.25) is 0 Å². The zero-order valence-electron chi connectivity index (χ0n) is 7.12. The average Bonchev–Trinajstić information content (AvgIpc) is 2.10. The number of carbonyl (C=O) groups is 1. The molecule has 4 heteroatoms. The van der Waals surface area contributed by atoms with E-state index in [1.54, 1.807) is 13.0 Å². The molecule has 12 heavy (non-hydrogen) atoms. The SMILES string of the molecule is C/C(=C\CCO)C(=O)OCCO. The zero-order valence-corrected chi connectivity index (χ0v) is 7.12. The van der Waals surface area contributed by atoms with Gasteiger partial charge >= 0.3 is 5.97 Å². The Hall–Kier alpha value is -0.870. The van der Waals surface area contributed by atoms with E-state index >= 15 is 0 Å². The molecule has 0 aliphatic heterocycles. The van der Waals surface area contributed by atoms with Crippen LogP contribution in [0.15, 0.2) is 11.6 Å². The Kier molecular flexibility index (Phi) is 6.32. The number of carbonyl (C=O) groups excluding carboxylic acids is 1. The predicted molar refractivity (Wildman–Crippen MR) is 43.5 cm³/mol. The maximum atomic E-state index is 10.9. The molecule has 4 nitrogen and oxygen atoms in total. The molecule has 0 saturated carbocycles. The Morgan fingerprint density at radius 1 is 1.42 bits per heavy atom. The Morgan fingerprint density at radius 2 is 2.08 bits per heavy atom. The number of hydrogen-bond donors (Lipinski definition) is 2. The third kappa shape index (κ3) is 4.87. The van der Waals surface area contributed by atoms with Crippen molar-refractivity contribution < 1.29 is 19.7 Å². The molecular weight excluding hydrogens is 160 g/mol. The number of aliphatic hydroxyl groups excluding tert-OH is 2. The summed E-state index contributed by atoms with van der Waals surface area (Å²) in [5, 5.41) is 16.8. The number of esters is 1. The van der Waals surface area contributed by atoms with Crippen LogP contribution in [0, 0.1) is 0 Å². The van der Waals surface area contributed by atoms with Gasteiger partial charge in [-0.1, -0.05) is 6.08 Å². The van der Waals surface area contributed by atoms with Gasteiger partial charge in [0.25, 0.3) is 0 Å². The third-order valence-corrected chi connectivity index (χ3v) is 1.23. The van der Waals surface area contributed by atoms with Gasteiger partial charge in [-0.05, 0) is 13.3 Å². The van der Waals surface area contributed by atoms with Crippen LogP contribution in [0.3, 0.4) is 0 Å². The molecule has 0 aliphatic rings. The molecule has 0 atom stereocenters. The molecule has 0 fully saturated rings. The highest BCUT2D eigenvalue weighted by molar-refractivity contribution is 5.87. The van der Waals surface area contributed by atoms with Gasteiger partial charge in [-0.25, -0.2) is 4.79 Å². The van der Waals surface area contributed by atoms with E-state index in [-0.39, 0.29) is 19.8 Å². The lowest BCUT2D eigenvalue weighted by Gasteiger charge is -2.01. The standard InChI is InChI=1S/C8H14O4/c1-7(3-2-4-9)8(11)12-6-5-10/h3,9-10H,2,4-6H2,1H3/b7-3+. The quantitative estimate of drug-likeness (QED) is 0.449. The van der Waals surface area contributed by atoms with Crippen molar-refractivity contribution in [2.75, 3.05) is 19.8 Å². The summed E-state index contributed by atoms with van der Waals surface area (Å²) < 4.78 is 4.61. The van der Waals surface area contributed by atoms with Crippen molar-refractivity contribution in [2.24, 2.45) is 0 Å². The van der Waals surface area contributed by atoms with Crippen molar-refractivity contribution in [1.82, 2.24) is 0 Å². The third-order valence-electron chi connectivity index (χ3n) is 1.23. The van der Waals surface area contributed by atoms with Gasteiger partial charge in [-0.15, -0.1) is 0 Å². The zero-order chi connectivity index (χ0) is 9.40. The highest BCUT2D eigenvalue weighted by Gasteiger charge is 2.03. The van der Waals surface area contributed by atoms with Gasteiger partial charge in [0.05, 0.1) is 6.61 Å². The van der Waals surface area contributed by atoms with Crippen LogP contribution in [-0.2, 0) is 9.53 Å². The van der Waals surface area contributed by atoms with Crippen molar-refractivity contribution >= 4 is 5.97 Å². The van der Waals surface area contributed by atoms with Gasteiger partial charge in [0, 0.05) is 12.2 Å². The van der Waals surface area contributed by atoms with E-state index in [9.17, 15) is 4.79 Å². The van der Waals surface area contributed by atoms with Gasteiger partial charge < -0.3 is 14.9 Å². The summed E-state index contributed by atoms with van der Waals surface area (Å²) in [5.74, 6) is -0.447. The fourth-order valence-electron chi connectivity index (χ4n) is 0.617. The highest BCUT2D eigenvalue weighted by Crippen LogP contribution is 1.97. The number of hydrogen-bond acceptors (Lipinski definition) is 4.